The molecule has 4 aromatic rings. The number of ether oxygens (including phenoxy) is 1. The van der Waals surface area contributed by atoms with Crippen molar-refractivity contribution >= 4 is 23.1 Å². The van der Waals surface area contributed by atoms with E-state index in [-0.39, 0.29) is 23.4 Å². The van der Waals surface area contributed by atoms with Crippen LogP contribution in [0.25, 0.3) is 16.8 Å². The number of aromatic nitrogens is 3. The Morgan fingerprint density at radius 3 is 2.49 bits per heavy atom. The van der Waals surface area contributed by atoms with Gasteiger partial charge in [0, 0.05) is 12.1 Å². The number of carbonyl (C=O) groups excluding carboxylic acids is 2. The van der Waals surface area contributed by atoms with Crippen molar-refractivity contribution in [3.8, 4) is 17.0 Å². The molecule has 0 bridgehead atoms. The van der Waals surface area contributed by atoms with Gasteiger partial charge in [-0.2, -0.15) is 18.3 Å². The van der Waals surface area contributed by atoms with Crippen molar-refractivity contribution in [2.24, 2.45) is 0 Å². The number of hydrogen-bond donors (Lipinski definition) is 2. The Morgan fingerprint density at radius 1 is 1.07 bits per heavy atom. The number of halogens is 6. The Morgan fingerprint density at radius 2 is 1.80 bits per heavy atom. The highest BCUT2D eigenvalue weighted by molar-refractivity contribution is 5.99. The Bertz CT molecular complexity index is 1670. The van der Waals surface area contributed by atoms with Gasteiger partial charge < -0.3 is 20.7 Å². The standard InChI is InChI=1S/C26H20F6N6O3/c1-41-22-14(24(39)36-19-10-37(9-18(19)29)25(40)13-4-2-3-5-16(13)27)6-12(7-17(22)28)20-8-15(26(30,31)32)21-23(33)34-11-35-38(20)21/h2-8,11,18-19H,9-10H2,1H3,(H,36,39)(H2,33,34,35)/t18-,19+/m0/s1. The van der Waals surface area contributed by atoms with E-state index >= 15 is 4.39 Å². The number of anilines is 1. The van der Waals surface area contributed by atoms with Crippen LogP contribution in [0.1, 0.15) is 26.3 Å². The lowest BCUT2D eigenvalue weighted by Gasteiger charge is -2.18. The number of nitrogens with zero attached hydrogens (tertiary/aromatic N) is 4. The quantitative estimate of drug-likeness (QED) is 0.348. The monoisotopic (exact) mass is 578 g/mol. The summed E-state index contributed by atoms with van der Waals surface area (Å²) in [6.07, 6.45) is -5.70. The van der Waals surface area contributed by atoms with Crippen molar-refractivity contribution in [2.75, 3.05) is 25.9 Å². The summed E-state index contributed by atoms with van der Waals surface area (Å²) in [6, 6.07) is 6.48. The molecule has 2 atom stereocenters. The fourth-order valence-corrected chi connectivity index (χ4v) is 4.72. The summed E-state index contributed by atoms with van der Waals surface area (Å²) in [4.78, 5) is 30.5. The molecule has 214 valence electrons. The van der Waals surface area contributed by atoms with E-state index < -0.39 is 76.6 Å². The SMILES string of the molecule is COc1c(F)cc(-c2cc(C(F)(F)F)c3c(N)ncnn23)cc1C(=O)N[C@@H]1CN(C(=O)c2ccccc2F)C[C@@H]1F. The molecule has 0 spiro atoms. The van der Waals surface area contributed by atoms with Gasteiger partial charge in [0.1, 0.15) is 23.8 Å². The number of methoxy groups -OCH3 is 1. The summed E-state index contributed by atoms with van der Waals surface area (Å²) in [7, 11) is 1.07. The first-order chi connectivity index (χ1) is 19.4. The average Bonchev–Trinajstić information content (AvgIpc) is 3.50. The minimum atomic E-state index is -4.86. The molecule has 3 N–H and O–H groups in total. The van der Waals surface area contributed by atoms with Crippen LogP contribution < -0.4 is 15.8 Å². The number of benzene rings is 2. The fourth-order valence-electron chi connectivity index (χ4n) is 4.72. The van der Waals surface area contributed by atoms with Crippen LogP contribution in [0.5, 0.6) is 5.75 Å². The average molecular weight is 578 g/mol. The number of nitrogens with one attached hydrogen (secondary N) is 1. The summed E-state index contributed by atoms with van der Waals surface area (Å²) in [5.74, 6) is -4.73. The Labute approximate surface area is 227 Å². The van der Waals surface area contributed by atoms with E-state index in [1.807, 2.05) is 0 Å². The normalized spacial score (nSPS) is 17.2. The first-order valence-electron chi connectivity index (χ1n) is 12.0. The van der Waals surface area contributed by atoms with Crippen molar-refractivity contribution in [1.82, 2.24) is 24.8 Å². The van der Waals surface area contributed by atoms with E-state index in [9.17, 15) is 31.5 Å². The second-order valence-corrected chi connectivity index (χ2v) is 9.17. The maximum Gasteiger partial charge on any atom is 0.418 e. The third-order valence-electron chi connectivity index (χ3n) is 6.63. The summed E-state index contributed by atoms with van der Waals surface area (Å²) < 4.78 is 91.1. The van der Waals surface area contributed by atoms with Crippen molar-refractivity contribution in [3.05, 3.63) is 77.1 Å². The molecule has 15 heteroatoms. The third-order valence-corrected chi connectivity index (χ3v) is 6.63. The molecular formula is C26H20F6N6O3. The van der Waals surface area contributed by atoms with Crippen molar-refractivity contribution in [2.45, 2.75) is 18.4 Å². The second-order valence-electron chi connectivity index (χ2n) is 9.17. The summed E-state index contributed by atoms with van der Waals surface area (Å²) >= 11 is 0. The topological polar surface area (TPSA) is 115 Å². The lowest BCUT2D eigenvalue weighted by Crippen LogP contribution is -2.42. The molecule has 1 aliphatic rings. The zero-order valence-corrected chi connectivity index (χ0v) is 21.0. The van der Waals surface area contributed by atoms with Gasteiger partial charge in [-0.3, -0.25) is 9.59 Å². The van der Waals surface area contributed by atoms with Crippen LogP contribution >= 0.6 is 0 Å². The van der Waals surface area contributed by atoms with Gasteiger partial charge in [-0.15, -0.1) is 0 Å². The highest BCUT2D eigenvalue weighted by Crippen LogP contribution is 2.40. The smallest absolute Gasteiger partial charge is 0.418 e. The molecule has 3 heterocycles. The summed E-state index contributed by atoms with van der Waals surface area (Å²) in [5, 5.41) is 6.18. The van der Waals surface area contributed by atoms with Gasteiger partial charge in [-0.1, -0.05) is 12.1 Å². The Kier molecular flexibility index (Phi) is 6.97. The number of likely N-dealkylation sites (tertiary alicyclic amines) is 1. The molecule has 0 aliphatic carbocycles. The van der Waals surface area contributed by atoms with E-state index in [1.165, 1.54) is 18.2 Å². The fraction of sp³-hybridized carbons (Fsp3) is 0.231. The number of fused-ring (bicyclic) bond motifs is 1. The molecule has 2 aromatic heterocycles. The predicted octanol–water partition coefficient (Wildman–Crippen LogP) is 3.88. The van der Waals surface area contributed by atoms with Crippen LogP contribution in [0.15, 0.2) is 48.8 Å². The molecule has 2 amide bonds. The molecule has 0 saturated carbocycles. The van der Waals surface area contributed by atoms with Crippen LogP contribution in [-0.4, -0.2) is 63.7 Å². The number of amides is 2. The highest BCUT2D eigenvalue weighted by atomic mass is 19.4. The zero-order chi connectivity index (χ0) is 29.6. The number of alkyl halides is 4. The summed E-state index contributed by atoms with van der Waals surface area (Å²) in [5.41, 5.74) is 2.73. The minimum absolute atomic E-state index is 0.198. The lowest BCUT2D eigenvalue weighted by molar-refractivity contribution is -0.136. The van der Waals surface area contributed by atoms with Gasteiger partial charge in [0.25, 0.3) is 11.8 Å². The van der Waals surface area contributed by atoms with Gasteiger partial charge in [0.2, 0.25) is 0 Å². The molecule has 5 rings (SSSR count). The molecular weight excluding hydrogens is 558 g/mol. The van der Waals surface area contributed by atoms with E-state index in [2.05, 4.69) is 15.4 Å². The van der Waals surface area contributed by atoms with Gasteiger partial charge in [-0.25, -0.2) is 22.7 Å². The Hall–Kier alpha value is -4.82. The molecule has 1 fully saturated rings. The maximum absolute atomic E-state index is 15.1. The highest BCUT2D eigenvalue weighted by Gasteiger charge is 2.39. The van der Waals surface area contributed by atoms with E-state index in [0.717, 1.165) is 41.1 Å². The first-order valence-corrected chi connectivity index (χ1v) is 12.0. The molecule has 0 unspecified atom stereocenters. The van der Waals surface area contributed by atoms with E-state index in [0.29, 0.717) is 6.07 Å². The van der Waals surface area contributed by atoms with Crippen LogP contribution in [0.3, 0.4) is 0 Å². The molecule has 2 aromatic carbocycles. The van der Waals surface area contributed by atoms with Crippen LogP contribution in [0.4, 0.5) is 32.2 Å². The number of rotatable bonds is 5. The molecule has 9 nitrogen and oxygen atoms in total. The van der Waals surface area contributed by atoms with Gasteiger partial charge in [-0.05, 0) is 30.3 Å². The number of nitrogen functional groups attached to an aromatic ring is 1. The van der Waals surface area contributed by atoms with Gasteiger partial charge >= 0.3 is 6.18 Å². The zero-order valence-electron chi connectivity index (χ0n) is 21.0. The van der Waals surface area contributed by atoms with Crippen molar-refractivity contribution in [3.63, 3.8) is 0 Å². The molecule has 41 heavy (non-hydrogen) atoms. The van der Waals surface area contributed by atoms with E-state index in [1.54, 1.807) is 0 Å². The van der Waals surface area contributed by atoms with Crippen LogP contribution in [-0.2, 0) is 6.18 Å². The second kappa shape index (κ2) is 10.3. The van der Waals surface area contributed by atoms with Crippen LogP contribution in [0, 0.1) is 11.6 Å². The lowest BCUT2D eigenvalue weighted by atomic mass is 10.0. The number of carbonyl (C=O) groups is 2. The van der Waals surface area contributed by atoms with Crippen molar-refractivity contribution in [1.29, 1.82) is 0 Å². The number of hydrogen-bond acceptors (Lipinski definition) is 6. The van der Waals surface area contributed by atoms with Gasteiger partial charge in [0.15, 0.2) is 17.4 Å². The van der Waals surface area contributed by atoms with Gasteiger partial charge in [0.05, 0.1) is 42.1 Å². The van der Waals surface area contributed by atoms with Crippen molar-refractivity contribution < 1.29 is 40.7 Å². The molecule has 0 radical (unpaired) electrons. The number of nitrogens with two attached hydrogens (primary N) is 1. The summed E-state index contributed by atoms with van der Waals surface area (Å²) in [6.45, 7) is -0.764. The van der Waals surface area contributed by atoms with E-state index in [4.69, 9.17) is 10.5 Å². The molecule has 1 aliphatic heterocycles. The minimum Gasteiger partial charge on any atom is -0.493 e. The Balaban J connectivity index is 1.48. The maximum atomic E-state index is 15.1. The first kappa shape index (κ1) is 27.7. The third kappa shape index (κ3) is 4.98. The molecule has 1 saturated heterocycles. The largest absolute Gasteiger partial charge is 0.493 e. The van der Waals surface area contributed by atoms with Crippen LogP contribution in [0.2, 0.25) is 0 Å². The predicted molar refractivity (Wildman–Crippen MR) is 133 cm³/mol.